The summed E-state index contributed by atoms with van der Waals surface area (Å²) in [7, 11) is -1.94. The van der Waals surface area contributed by atoms with Gasteiger partial charge in [0.15, 0.2) is 0 Å². The van der Waals surface area contributed by atoms with E-state index in [-0.39, 0.29) is 16.0 Å². The Labute approximate surface area is 126 Å². The molecule has 0 unspecified atom stereocenters. The van der Waals surface area contributed by atoms with Gasteiger partial charge >= 0.3 is 0 Å². The Bertz CT molecular complexity index is 791. The zero-order valence-corrected chi connectivity index (χ0v) is 13.2. The molecule has 3 rings (SSSR count). The average molecular weight is 325 g/mol. The minimum atomic E-state index is -3.75. The Morgan fingerprint density at radius 2 is 2.24 bits per heavy atom. The first kappa shape index (κ1) is 14.3. The maximum Gasteiger partial charge on any atom is 0.273 e. The summed E-state index contributed by atoms with van der Waals surface area (Å²) in [6.07, 6.45) is 4.24. The third kappa shape index (κ3) is 2.86. The predicted octanol–water partition coefficient (Wildman–Crippen LogP) is 1.40. The van der Waals surface area contributed by atoms with E-state index in [2.05, 4.69) is 9.82 Å². The Hall–Kier alpha value is -1.67. The number of amides is 1. The summed E-state index contributed by atoms with van der Waals surface area (Å²) in [5, 5.41) is 4.06. The van der Waals surface area contributed by atoms with Gasteiger partial charge in [0, 0.05) is 24.0 Å². The smallest absolute Gasteiger partial charge is 0.273 e. The molecular formula is C13H15N3O3S2. The molecule has 112 valence electrons. The molecule has 2 aromatic rings. The van der Waals surface area contributed by atoms with Crippen LogP contribution in [0.2, 0.25) is 0 Å². The topological polar surface area (TPSA) is 81.1 Å². The molecule has 2 heterocycles. The highest BCUT2D eigenvalue weighted by Crippen LogP contribution is 2.47. The van der Waals surface area contributed by atoms with Crippen molar-refractivity contribution in [2.75, 3.05) is 0 Å². The van der Waals surface area contributed by atoms with Crippen LogP contribution in [0, 0.1) is 12.8 Å². The zero-order valence-electron chi connectivity index (χ0n) is 11.6. The molecule has 1 fully saturated rings. The van der Waals surface area contributed by atoms with Gasteiger partial charge in [-0.05, 0) is 37.0 Å². The molecule has 0 aliphatic heterocycles. The van der Waals surface area contributed by atoms with E-state index in [1.165, 1.54) is 6.07 Å². The molecule has 0 bridgehead atoms. The second kappa shape index (κ2) is 4.96. The molecule has 8 heteroatoms. The molecule has 1 N–H and O–H groups in total. The van der Waals surface area contributed by atoms with Crippen molar-refractivity contribution in [3.05, 3.63) is 35.0 Å². The molecule has 0 spiro atoms. The number of sulfonamides is 1. The van der Waals surface area contributed by atoms with Crippen LogP contribution < -0.4 is 4.72 Å². The molecule has 6 nitrogen and oxygen atoms in total. The summed E-state index contributed by atoms with van der Waals surface area (Å²) in [5.41, 5.74) is 0.974. The Balaban J connectivity index is 1.68. The van der Waals surface area contributed by atoms with Gasteiger partial charge in [-0.15, -0.1) is 11.3 Å². The van der Waals surface area contributed by atoms with Crippen LogP contribution in [-0.2, 0) is 21.9 Å². The molecule has 1 saturated carbocycles. The van der Waals surface area contributed by atoms with Crippen molar-refractivity contribution in [1.29, 1.82) is 0 Å². The van der Waals surface area contributed by atoms with E-state index in [0.29, 0.717) is 6.42 Å². The molecule has 1 amide bonds. The van der Waals surface area contributed by atoms with Gasteiger partial charge in [-0.3, -0.25) is 9.48 Å². The number of hydrogen-bond donors (Lipinski definition) is 1. The molecule has 0 aromatic carbocycles. The van der Waals surface area contributed by atoms with E-state index in [4.69, 9.17) is 0 Å². The van der Waals surface area contributed by atoms with Crippen molar-refractivity contribution in [3.8, 4) is 0 Å². The third-order valence-electron chi connectivity index (χ3n) is 3.50. The molecule has 0 radical (unpaired) electrons. The minimum Gasteiger partial charge on any atom is -0.276 e. The van der Waals surface area contributed by atoms with E-state index in [1.54, 1.807) is 16.9 Å². The van der Waals surface area contributed by atoms with Crippen LogP contribution >= 0.6 is 11.3 Å². The number of nitrogens with zero attached hydrogens (tertiary/aromatic N) is 2. The fraction of sp³-hybridized carbons (Fsp3) is 0.385. The second-order valence-corrected chi connectivity index (χ2v) is 8.43. The first-order chi connectivity index (χ1) is 9.87. The number of aryl methyl sites for hydroxylation is 2. The van der Waals surface area contributed by atoms with Crippen molar-refractivity contribution in [2.45, 2.75) is 23.5 Å². The van der Waals surface area contributed by atoms with Crippen LogP contribution in [0.1, 0.15) is 22.8 Å². The van der Waals surface area contributed by atoms with Crippen molar-refractivity contribution < 1.29 is 13.2 Å². The number of carbonyl (C=O) groups excluding carboxylic acids is 1. The Morgan fingerprint density at radius 3 is 2.81 bits per heavy atom. The molecule has 1 aliphatic carbocycles. The lowest BCUT2D eigenvalue weighted by Crippen LogP contribution is -2.31. The van der Waals surface area contributed by atoms with E-state index < -0.39 is 15.9 Å². The summed E-state index contributed by atoms with van der Waals surface area (Å²) < 4.78 is 28.2. The molecule has 0 saturated heterocycles. The summed E-state index contributed by atoms with van der Waals surface area (Å²) in [6, 6.07) is 3.24. The van der Waals surface area contributed by atoms with Gasteiger partial charge in [0.05, 0.1) is 6.20 Å². The first-order valence-corrected chi connectivity index (χ1v) is 8.78. The summed E-state index contributed by atoms with van der Waals surface area (Å²) in [5.74, 6) is -0.654. The van der Waals surface area contributed by atoms with E-state index in [0.717, 1.165) is 21.8 Å². The molecule has 1 aliphatic rings. The maximum absolute atomic E-state index is 12.1. The number of aromatic nitrogens is 2. The third-order valence-corrected chi connectivity index (χ3v) is 6.34. The van der Waals surface area contributed by atoms with Crippen LogP contribution in [0.3, 0.4) is 0 Å². The van der Waals surface area contributed by atoms with Crippen molar-refractivity contribution in [2.24, 2.45) is 13.0 Å². The fourth-order valence-corrected chi connectivity index (χ4v) is 4.61. The van der Waals surface area contributed by atoms with Crippen molar-refractivity contribution >= 4 is 27.3 Å². The lowest BCUT2D eigenvalue weighted by Gasteiger charge is -2.04. The van der Waals surface area contributed by atoms with Crippen LogP contribution in [0.4, 0.5) is 0 Å². The van der Waals surface area contributed by atoms with Gasteiger partial charge in [-0.2, -0.15) is 5.10 Å². The number of thiophene rings is 1. The lowest BCUT2D eigenvalue weighted by atomic mass is 10.2. The molecule has 21 heavy (non-hydrogen) atoms. The quantitative estimate of drug-likeness (QED) is 0.921. The predicted molar refractivity (Wildman–Crippen MR) is 78.4 cm³/mol. The van der Waals surface area contributed by atoms with Gasteiger partial charge < -0.3 is 0 Å². The molecule has 2 aromatic heterocycles. The highest BCUT2D eigenvalue weighted by molar-refractivity contribution is 7.92. The Kier molecular flexibility index (Phi) is 3.37. The maximum atomic E-state index is 12.1. The van der Waals surface area contributed by atoms with Gasteiger partial charge in [0.2, 0.25) is 5.91 Å². The highest BCUT2D eigenvalue weighted by atomic mass is 32.2. The average Bonchev–Trinajstić information content (AvgIpc) is 2.89. The van der Waals surface area contributed by atoms with Crippen molar-refractivity contribution in [1.82, 2.24) is 14.5 Å². The van der Waals surface area contributed by atoms with Crippen LogP contribution in [-0.4, -0.2) is 24.1 Å². The first-order valence-electron chi connectivity index (χ1n) is 6.48. The van der Waals surface area contributed by atoms with Crippen LogP contribution in [0.15, 0.2) is 28.7 Å². The van der Waals surface area contributed by atoms with E-state index in [9.17, 15) is 13.2 Å². The fourth-order valence-electron chi connectivity index (χ4n) is 2.30. The number of rotatable bonds is 4. The summed E-state index contributed by atoms with van der Waals surface area (Å²) in [6.45, 7) is 1.82. The SMILES string of the molecule is Cc1ccc(S(=O)(=O)NC(=O)[C@@H]2C[C@@H]2c2cnn(C)c2)s1. The summed E-state index contributed by atoms with van der Waals surface area (Å²) in [4.78, 5) is 13.0. The zero-order chi connectivity index (χ0) is 15.2. The second-order valence-electron chi connectivity index (χ2n) is 5.23. The van der Waals surface area contributed by atoms with Gasteiger partial charge in [0.1, 0.15) is 4.21 Å². The highest BCUT2D eigenvalue weighted by Gasteiger charge is 2.45. The number of hydrogen-bond acceptors (Lipinski definition) is 5. The van der Waals surface area contributed by atoms with E-state index >= 15 is 0 Å². The van der Waals surface area contributed by atoms with Crippen molar-refractivity contribution in [3.63, 3.8) is 0 Å². The monoisotopic (exact) mass is 325 g/mol. The minimum absolute atomic E-state index is 0.0685. The van der Waals surface area contributed by atoms with Crippen LogP contribution in [0.5, 0.6) is 0 Å². The Morgan fingerprint density at radius 1 is 1.48 bits per heavy atom. The van der Waals surface area contributed by atoms with Crippen LogP contribution in [0.25, 0.3) is 0 Å². The van der Waals surface area contributed by atoms with E-state index in [1.807, 2.05) is 20.2 Å². The van der Waals surface area contributed by atoms with Gasteiger partial charge in [-0.1, -0.05) is 0 Å². The molecular weight excluding hydrogens is 310 g/mol. The molecule has 2 atom stereocenters. The normalized spacial score (nSPS) is 21.2. The number of carbonyl (C=O) groups is 1. The standard InChI is InChI=1S/C13H15N3O3S2/c1-8-3-4-12(20-8)21(18,19)15-13(17)11-5-10(11)9-6-14-16(2)7-9/h3-4,6-7,10-11H,5H2,1-2H3,(H,15,17)/t10-,11-/m1/s1. The number of nitrogens with one attached hydrogen (secondary N) is 1. The lowest BCUT2D eigenvalue weighted by molar-refractivity contribution is -0.120. The summed E-state index contributed by atoms with van der Waals surface area (Å²) >= 11 is 1.15. The van der Waals surface area contributed by atoms with Gasteiger partial charge in [-0.25, -0.2) is 13.1 Å². The van der Waals surface area contributed by atoms with Gasteiger partial charge in [0.25, 0.3) is 10.0 Å². The largest absolute Gasteiger partial charge is 0.276 e.